The normalized spacial score (nSPS) is 17.9. The number of likely N-dealkylation sites (N-methyl/N-ethyl adjacent to an activating group) is 1. The summed E-state index contributed by atoms with van der Waals surface area (Å²) in [5.41, 5.74) is 2.92. The predicted molar refractivity (Wildman–Crippen MR) is 126 cm³/mol. The molecule has 2 aromatic carbocycles. The molecular formula is C23H24FN5O2S. The first-order valence-electron chi connectivity index (χ1n) is 10.3. The smallest absolute Gasteiger partial charge is 0.323 e. The average Bonchev–Trinajstić information content (AvgIpc) is 2.80. The number of fused-ring (bicyclic) bond motifs is 1. The van der Waals surface area contributed by atoms with E-state index >= 15 is 0 Å². The minimum atomic E-state index is -0.538. The largest absolute Gasteiger partial charge is 0.355 e. The van der Waals surface area contributed by atoms with Crippen molar-refractivity contribution in [2.45, 2.75) is 19.4 Å². The molecule has 0 spiro atoms. The molecule has 7 nitrogen and oxygen atoms in total. The molecule has 0 aliphatic carbocycles. The van der Waals surface area contributed by atoms with Gasteiger partial charge in [-0.25, -0.2) is 14.2 Å². The lowest BCUT2D eigenvalue weighted by atomic mass is 9.93. The number of amides is 3. The molecule has 166 valence electrons. The van der Waals surface area contributed by atoms with E-state index in [0.29, 0.717) is 17.0 Å². The Hall–Kier alpha value is -3.33. The van der Waals surface area contributed by atoms with Crippen LogP contribution in [-0.2, 0) is 4.79 Å². The van der Waals surface area contributed by atoms with Gasteiger partial charge in [0.1, 0.15) is 5.82 Å². The molecule has 3 amide bonds. The van der Waals surface area contributed by atoms with Crippen LogP contribution in [0.2, 0.25) is 0 Å². The van der Waals surface area contributed by atoms with Crippen molar-refractivity contribution in [2.75, 3.05) is 30.0 Å². The van der Waals surface area contributed by atoms with Crippen molar-refractivity contribution in [3.05, 3.63) is 71.2 Å². The van der Waals surface area contributed by atoms with Crippen molar-refractivity contribution < 1.29 is 14.0 Å². The first-order valence-corrected chi connectivity index (χ1v) is 11.3. The number of carbonyl (C=O) groups excluding carboxylic acids is 2. The highest BCUT2D eigenvalue weighted by Gasteiger charge is 2.36. The highest BCUT2D eigenvalue weighted by Crippen LogP contribution is 2.39. The van der Waals surface area contributed by atoms with Crippen molar-refractivity contribution in [2.24, 2.45) is 4.99 Å². The van der Waals surface area contributed by atoms with Crippen LogP contribution >= 0.6 is 11.8 Å². The fraction of sp³-hybridized carbons (Fsp3) is 0.261. The third-order valence-electron chi connectivity index (χ3n) is 5.34. The molecule has 1 unspecified atom stereocenters. The van der Waals surface area contributed by atoms with Gasteiger partial charge in [0, 0.05) is 25.0 Å². The van der Waals surface area contributed by atoms with Crippen molar-refractivity contribution in [1.82, 2.24) is 10.2 Å². The highest BCUT2D eigenvalue weighted by molar-refractivity contribution is 8.13. The molecular weight excluding hydrogens is 429 g/mol. The van der Waals surface area contributed by atoms with Crippen LogP contribution in [0.3, 0.4) is 0 Å². The molecule has 2 aliphatic heterocycles. The maximum absolute atomic E-state index is 13.8. The van der Waals surface area contributed by atoms with E-state index in [-0.39, 0.29) is 17.6 Å². The van der Waals surface area contributed by atoms with Crippen LogP contribution in [0.4, 0.5) is 20.6 Å². The molecule has 1 fully saturated rings. The molecule has 3 N–H and O–H groups in total. The summed E-state index contributed by atoms with van der Waals surface area (Å²) < 4.78 is 13.8. The van der Waals surface area contributed by atoms with Gasteiger partial charge in [0.15, 0.2) is 5.17 Å². The number of thioether (sulfide) groups is 1. The van der Waals surface area contributed by atoms with Gasteiger partial charge in [-0.3, -0.25) is 4.79 Å². The fourth-order valence-corrected chi connectivity index (χ4v) is 4.86. The molecule has 0 saturated carbocycles. The number of aliphatic imine (C=N–C) groups is 1. The lowest BCUT2D eigenvalue weighted by Crippen LogP contribution is -2.43. The molecule has 9 heteroatoms. The summed E-state index contributed by atoms with van der Waals surface area (Å²) in [6.07, 6.45) is 1.01. The number of urea groups is 1. The van der Waals surface area contributed by atoms with E-state index in [2.05, 4.69) is 25.8 Å². The van der Waals surface area contributed by atoms with Gasteiger partial charge in [0.2, 0.25) is 0 Å². The van der Waals surface area contributed by atoms with Crippen LogP contribution in [0.25, 0.3) is 0 Å². The van der Waals surface area contributed by atoms with Gasteiger partial charge in [-0.05, 0) is 43.2 Å². The summed E-state index contributed by atoms with van der Waals surface area (Å²) >= 11 is 1.70. The fourth-order valence-electron chi connectivity index (χ4n) is 3.84. The van der Waals surface area contributed by atoms with E-state index in [4.69, 9.17) is 0 Å². The number of nitrogens with zero attached hydrogens (tertiary/aromatic N) is 2. The van der Waals surface area contributed by atoms with Crippen molar-refractivity contribution in [3.63, 3.8) is 0 Å². The van der Waals surface area contributed by atoms with Crippen LogP contribution in [0.1, 0.15) is 24.9 Å². The first-order chi connectivity index (χ1) is 15.5. The van der Waals surface area contributed by atoms with E-state index in [1.807, 2.05) is 19.1 Å². The second kappa shape index (κ2) is 9.44. The summed E-state index contributed by atoms with van der Waals surface area (Å²) in [5.74, 6) is 0.346. The number of benzene rings is 2. The molecule has 0 aromatic heterocycles. The zero-order valence-corrected chi connectivity index (χ0v) is 18.6. The Balaban J connectivity index is 1.55. The molecule has 4 rings (SSSR count). The number of allylic oxidation sites excluding steroid dienone is 1. The van der Waals surface area contributed by atoms with E-state index in [0.717, 1.165) is 29.4 Å². The van der Waals surface area contributed by atoms with Crippen molar-refractivity contribution >= 4 is 40.2 Å². The standard InChI is InChI=1S/C23H24FN5O2S/c1-14-19(21(30)25-2)20(29-12-5-13-32-23(29)26-14)15-8-10-16(11-9-15)27-22(31)28-18-7-4-3-6-17(18)24/h3-4,6-11,20H,5,12-13H2,1-2H3,(H,25,30)(H2,27,28,31). The number of para-hydroxylation sites is 1. The molecule has 32 heavy (non-hydrogen) atoms. The zero-order valence-electron chi connectivity index (χ0n) is 17.8. The molecule has 2 aromatic rings. The van der Waals surface area contributed by atoms with Gasteiger partial charge >= 0.3 is 6.03 Å². The Kier molecular flexibility index (Phi) is 6.45. The van der Waals surface area contributed by atoms with Crippen molar-refractivity contribution in [1.29, 1.82) is 0 Å². The number of hydrogen-bond donors (Lipinski definition) is 3. The minimum Gasteiger partial charge on any atom is -0.355 e. The average molecular weight is 454 g/mol. The third kappa shape index (κ3) is 4.47. The second-order valence-electron chi connectivity index (χ2n) is 7.45. The number of halogens is 1. The van der Waals surface area contributed by atoms with Gasteiger partial charge in [-0.1, -0.05) is 36.0 Å². The van der Waals surface area contributed by atoms with E-state index in [1.54, 1.807) is 43.1 Å². The second-order valence-corrected chi connectivity index (χ2v) is 8.51. The van der Waals surface area contributed by atoms with Gasteiger partial charge in [-0.15, -0.1) is 0 Å². The SMILES string of the molecule is CNC(=O)C1=C(C)N=C2SCCCN2C1c1ccc(NC(=O)Nc2ccccc2F)cc1. The molecule has 1 atom stereocenters. The summed E-state index contributed by atoms with van der Waals surface area (Å²) in [6.45, 7) is 2.68. The van der Waals surface area contributed by atoms with Gasteiger partial charge in [0.25, 0.3) is 5.91 Å². The quantitative estimate of drug-likeness (QED) is 0.643. The Morgan fingerprint density at radius 2 is 1.88 bits per heavy atom. The number of rotatable bonds is 4. The number of carbonyl (C=O) groups is 2. The van der Waals surface area contributed by atoms with Gasteiger partial charge in [0.05, 0.1) is 23.0 Å². The van der Waals surface area contributed by atoms with E-state index in [1.165, 1.54) is 12.1 Å². The number of amidine groups is 1. The maximum atomic E-state index is 13.8. The molecule has 1 saturated heterocycles. The predicted octanol–water partition coefficient (Wildman–Crippen LogP) is 4.34. The van der Waals surface area contributed by atoms with Gasteiger partial charge in [-0.2, -0.15) is 0 Å². The third-order valence-corrected chi connectivity index (χ3v) is 6.41. The molecule has 0 radical (unpaired) electrons. The minimum absolute atomic E-state index is 0.106. The first kappa shape index (κ1) is 21.9. The summed E-state index contributed by atoms with van der Waals surface area (Å²) in [7, 11) is 1.62. The lowest BCUT2D eigenvalue weighted by molar-refractivity contribution is -0.117. The lowest BCUT2D eigenvalue weighted by Gasteiger charge is -2.40. The molecule has 0 bridgehead atoms. The van der Waals surface area contributed by atoms with Crippen molar-refractivity contribution in [3.8, 4) is 0 Å². The Labute approximate surface area is 190 Å². The summed E-state index contributed by atoms with van der Waals surface area (Å²) in [6, 6.07) is 12.5. The van der Waals surface area contributed by atoms with Crippen LogP contribution in [0.15, 0.2) is 64.8 Å². The maximum Gasteiger partial charge on any atom is 0.323 e. The van der Waals surface area contributed by atoms with Crippen LogP contribution in [0, 0.1) is 5.82 Å². The van der Waals surface area contributed by atoms with Crippen LogP contribution in [0.5, 0.6) is 0 Å². The van der Waals surface area contributed by atoms with Crippen LogP contribution < -0.4 is 16.0 Å². The summed E-state index contributed by atoms with van der Waals surface area (Å²) in [4.78, 5) is 31.8. The van der Waals surface area contributed by atoms with E-state index < -0.39 is 11.8 Å². The Morgan fingerprint density at radius 1 is 1.12 bits per heavy atom. The molecule has 2 aliphatic rings. The monoisotopic (exact) mass is 453 g/mol. The van der Waals surface area contributed by atoms with Crippen LogP contribution in [-0.4, -0.2) is 41.4 Å². The topological polar surface area (TPSA) is 85.8 Å². The summed E-state index contributed by atoms with van der Waals surface area (Å²) in [5, 5.41) is 8.86. The Morgan fingerprint density at radius 3 is 2.59 bits per heavy atom. The zero-order chi connectivity index (χ0) is 22.7. The van der Waals surface area contributed by atoms with E-state index in [9.17, 15) is 14.0 Å². The Bertz CT molecular complexity index is 1100. The highest BCUT2D eigenvalue weighted by atomic mass is 32.2. The number of nitrogens with one attached hydrogen (secondary N) is 3. The number of anilines is 2. The van der Waals surface area contributed by atoms with Gasteiger partial charge < -0.3 is 20.9 Å². The molecule has 2 heterocycles. The number of hydrogen-bond acceptors (Lipinski definition) is 5.